The fraction of sp³-hybridized carbons (Fsp3) is 0.400. The maximum absolute atomic E-state index is 11.8. The number of ether oxygens (including phenoxy) is 1. The zero-order valence-electron chi connectivity index (χ0n) is 9.26. The van der Waals surface area contributed by atoms with Gasteiger partial charge in [0.2, 0.25) is 5.75 Å². The van der Waals surface area contributed by atoms with E-state index in [0.717, 1.165) is 19.2 Å². The number of carbonyl (C=O) groups is 1. The lowest BCUT2D eigenvalue weighted by Gasteiger charge is -2.10. The van der Waals surface area contributed by atoms with Gasteiger partial charge in [0.25, 0.3) is 0 Å². The molecule has 1 aromatic rings. The molecule has 1 aliphatic heterocycles. The third kappa shape index (κ3) is 2.65. The molecular weight excluding hydrogens is 306 g/mol. The van der Waals surface area contributed by atoms with Gasteiger partial charge in [0.1, 0.15) is 12.2 Å². The number of hydrogen-bond donors (Lipinski definition) is 1. The number of pyridine rings is 1. The van der Waals surface area contributed by atoms with Gasteiger partial charge < -0.3 is 10.1 Å². The summed E-state index contributed by atoms with van der Waals surface area (Å²) < 4.78 is 5.37. The average molecular weight is 316 g/mol. The monoisotopic (exact) mass is 315 g/mol. The number of nitro groups is 1. The predicted octanol–water partition coefficient (Wildman–Crippen LogP) is 1.41. The summed E-state index contributed by atoms with van der Waals surface area (Å²) in [5.74, 6) is -0.615. The summed E-state index contributed by atoms with van der Waals surface area (Å²) in [5, 5.41) is 13.8. The van der Waals surface area contributed by atoms with Crippen molar-refractivity contribution in [3.63, 3.8) is 0 Å². The minimum atomic E-state index is -0.636. The quantitative estimate of drug-likeness (QED) is 0.515. The largest absolute Gasteiger partial charge is 0.417 e. The van der Waals surface area contributed by atoms with Crippen LogP contribution in [0.25, 0.3) is 0 Å². The zero-order valence-corrected chi connectivity index (χ0v) is 10.8. The topological polar surface area (TPSA) is 94.4 Å². The first-order valence-electron chi connectivity index (χ1n) is 5.32. The Morgan fingerprint density at radius 1 is 1.61 bits per heavy atom. The normalized spacial score (nSPS) is 18.6. The summed E-state index contributed by atoms with van der Waals surface area (Å²) in [7, 11) is 0. The number of rotatable bonds is 3. The summed E-state index contributed by atoms with van der Waals surface area (Å²) in [5.41, 5.74) is -0.337. The van der Waals surface area contributed by atoms with Crippen LogP contribution < -0.4 is 10.1 Å². The molecule has 1 aromatic heterocycles. The molecule has 8 heteroatoms. The minimum absolute atomic E-state index is 0.103. The van der Waals surface area contributed by atoms with Crippen LogP contribution in [0.15, 0.2) is 16.9 Å². The predicted molar refractivity (Wildman–Crippen MR) is 65.3 cm³/mol. The fourth-order valence-electron chi connectivity index (χ4n) is 1.70. The molecule has 7 nitrogen and oxygen atoms in total. The molecule has 2 rings (SSSR count). The van der Waals surface area contributed by atoms with Gasteiger partial charge in [-0.05, 0) is 35.3 Å². The first-order chi connectivity index (χ1) is 8.59. The van der Waals surface area contributed by atoms with E-state index in [4.69, 9.17) is 4.74 Å². The van der Waals surface area contributed by atoms with Crippen LogP contribution in [-0.4, -0.2) is 28.5 Å². The second kappa shape index (κ2) is 5.40. The maximum Gasteiger partial charge on any atom is 0.330 e. The number of hydrogen-bond acceptors (Lipinski definition) is 6. The molecule has 18 heavy (non-hydrogen) atoms. The molecule has 1 saturated heterocycles. The fourth-order valence-corrected chi connectivity index (χ4v) is 2.10. The third-order valence-electron chi connectivity index (χ3n) is 2.58. The Kier molecular flexibility index (Phi) is 3.87. The molecular formula is C10H10BrN3O4. The second-order valence-electron chi connectivity index (χ2n) is 3.80. The number of aromatic nitrogens is 1. The first-order valence-corrected chi connectivity index (χ1v) is 6.12. The van der Waals surface area contributed by atoms with E-state index >= 15 is 0 Å². The van der Waals surface area contributed by atoms with Gasteiger partial charge in [-0.1, -0.05) is 0 Å². The van der Waals surface area contributed by atoms with Gasteiger partial charge >= 0.3 is 11.7 Å². The van der Waals surface area contributed by atoms with Crippen molar-refractivity contribution in [1.82, 2.24) is 10.3 Å². The molecule has 2 heterocycles. The molecule has 1 atom stereocenters. The highest BCUT2D eigenvalue weighted by molar-refractivity contribution is 9.10. The van der Waals surface area contributed by atoms with E-state index in [1.54, 1.807) is 0 Å². The van der Waals surface area contributed by atoms with E-state index < -0.39 is 16.9 Å². The number of nitrogens with zero attached hydrogens (tertiary/aromatic N) is 2. The Labute approximate surface area is 111 Å². The van der Waals surface area contributed by atoms with Crippen molar-refractivity contribution >= 4 is 27.6 Å². The summed E-state index contributed by atoms with van der Waals surface area (Å²) in [4.78, 5) is 25.6. The lowest BCUT2D eigenvalue weighted by atomic mass is 10.2. The van der Waals surface area contributed by atoms with Gasteiger partial charge in [-0.3, -0.25) is 15.1 Å². The van der Waals surface area contributed by atoms with Crippen molar-refractivity contribution < 1.29 is 14.5 Å². The molecule has 1 N–H and O–H groups in total. The Hall–Kier alpha value is -1.54. The highest BCUT2D eigenvalue weighted by atomic mass is 79.9. The molecule has 1 aliphatic rings. The molecule has 0 radical (unpaired) electrons. The summed E-state index contributed by atoms with van der Waals surface area (Å²) in [6.07, 6.45) is 3.96. The van der Waals surface area contributed by atoms with Crippen LogP contribution in [0, 0.1) is 10.1 Å². The van der Waals surface area contributed by atoms with Crippen molar-refractivity contribution in [3.05, 3.63) is 27.0 Å². The van der Waals surface area contributed by atoms with E-state index in [1.165, 1.54) is 6.20 Å². The van der Waals surface area contributed by atoms with Crippen LogP contribution in [-0.2, 0) is 4.79 Å². The van der Waals surface area contributed by atoms with Crippen LogP contribution >= 0.6 is 15.9 Å². The highest BCUT2D eigenvalue weighted by Crippen LogP contribution is 2.34. The van der Waals surface area contributed by atoms with Gasteiger partial charge in [-0.15, -0.1) is 0 Å². The lowest BCUT2D eigenvalue weighted by molar-refractivity contribution is -0.386. The zero-order chi connectivity index (χ0) is 13.1. The van der Waals surface area contributed by atoms with Crippen molar-refractivity contribution in [2.45, 2.75) is 18.9 Å². The smallest absolute Gasteiger partial charge is 0.330 e. The SMILES string of the molecule is O=C(Oc1c(Br)cncc1[N+](=O)[O-])[C@@H]1CCCN1. The molecule has 0 unspecified atom stereocenters. The standard InChI is InChI=1S/C10H10BrN3O4/c11-6-4-12-5-8(14(16)17)9(6)18-10(15)7-2-1-3-13-7/h4-5,7,13H,1-3H2/t7-/m0/s1. The molecule has 0 bridgehead atoms. The maximum atomic E-state index is 11.8. The molecule has 0 aromatic carbocycles. The number of esters is 1. The average Bonchev–Trinajstić information content (AvgIpc) is 2.85. The van der Waals surface area contributed by atoms with Crippen LogP contribution in [0.4, 0.5) is 5.69 Å². The second-order valence-corrected chi connectivity index (χ2v) is 4.65. The third-order valence-corrected chi connectivity index (χ3v) is 3.14. The first kappa shape index (κ1) is 12.9. The molecule has 0 amide bonds. The van der Waals surface area contributed by atoms with Gasteiger partial charge in [0.05, 0.1) is 9.40 Å². The summed E-state index contributed by atoms with van der Waals surface area (Å²) in [6, 6.07) is -0.398. The molecule has 0 aliphatic carbocycles. The Morgan fingerprint density at radius 2 is 2.39 bits per heavy atom. The van der Waals surface area contributed by atoms with Crippen molar-refractivity contribution in [2.75, 3.05) is 6.54 Å². The van der Waals surface area contributed by atoms with Crippen LogP contribution in [0.1, 0.15) is 12.8 Å². The van der Waals surface area contributed by atoms with Crippen LogP contribution in [0.2, 0.25) is 0 Å². The van der Waals surface area contributed by atoms with E-state index in [0.29, 0.717) is 6.42 Å². The van der Waals surface area contributed by atoms with E-state index in [2.05, 4.69) is 26.2 Å². The Balaban J connectivity index is 2.22. The Morgan fingerprint density at radius 3 is 3.00 bits per heavy atom. The summed E-state index contributed by atoms with van der Waals surface area (Å²) in [6.45, 7) is 0.749. The van der Waals surface area contributed by atoms with Gasteiger partial charge in [-0.2, -0.15) is 0 Å². The lowest BCUT2D eigenvalue weighted by Crippen LogP contribution is -2.34. The van der Waals surface area contributed by atoms with Crippen molar-refractivity contribution in [1.29, 1.82) is 0 Å². The number of carbonyl (C=O) groups excluding carboxylic acids is 1. The molecule has 96 valence electrons. The van der Waals surface area contributed by atoms with E-state index in [1.807, 2.05) is 0 Å². The van der Waals surface area contributed by atoms with Crippen molar-refractivity contribution in [2.24, 2.45) is 0 Å². The molecule has 0 spiro atoms. The van der Waals surface area contributed by atoms with Gasteiger partial charge in [0.15, 0.2) is 0 Å². The number of halogens is 1. The molecule has 1 fully saturated rings. The number of nitrogens with one attached hydrogen (secondary N) is 1. The molecule has 0 saturated carbocycles. The summed E-state index contributed by atoms with van der Waals surface area (Å²) >= 11 is 3.09. The van der Waals surface area contributed by atoms with Gasteiger partial charge in [0, 0.05) is 6.20 Å². The van der Waals surface area contributed by atoms with Crippen molar-refractivity contribution in [3.8, 4) is 5.75 Å². The van der Waals surface area contributed by atoms with Gasteiger partial charge in [-0.25, -0.2) is 4.79 Å². The Bertz CT molecular complexity index is 488. The minimum Gasteiger partial charge on any atom is -0.417 e. The van der Waals surface area contributed by atoms with E-state index in [-0.39, 0.29) is 15.9 Å². The highest BCUT2D eigenvalue weighted by Gasteiger charge is 2.28. The van der Waals surface area contributed by atoms with Crippen LogP contribution in [0.3, 0.4) is 0 Å². The van der Waals surface area contributed by atoms with E-state index in [9.17, 15) is 14.9 Å². The van der Waals surface area contributed by atoms with Crippen LogP contribution in [0.5, 0.6) is 5.75 Å².